The maximum atomic E-state index is 12.9. The number of aryl methyl sites for hydroxylation is 1. The molecule has 0 unspecified atom stereocenters. The van der Waals surface area contributed by atoms with Crippen LogP contribution in [0.3, 0.4) is 0 Å². The zero-order chi connectivity index (χ0) is 16.4. The van der Waals surface area contributed by atoms with Gasteiger partial charge in [0.05, 0.1) is 16.6 Å². The van der Waals surface area contributed by atoms with Gasteiger partial charge in [0.15, 0.2) is 5.78 Å². The van der Waals surface area contributed by atoms with Gasteiger partial charge >= 0.3 is 0 Å². The van der Waals surface area contributed by atoms with Crippen LogP contribution in [0.15, 0.2) is 53.3 Å². The van der Waals surface area contributed by atoms with E-state index in [1.165, 1.54) is 6.92 Å². The Kier molecular flexibility index (Phi) is 4.06. The van der Waals surface area contributed by atoms with Crippen LogP contribution in [0.25, 0.3) is 16.6 Å². The van der Waals surface area contributed by atoms with Gasteiger partial charge in [-0.25, -0.2) is 4.98 Å². The van der Waals surface area contributed by atoms with Crippen molar-refractivity contribution >= 4 is 16.7 Å². The molecule has 0 fully saturated rings. The molecule has 1 aromatic heterocycles. The fourth-order valence-corrected chi connectivity index (χ4v) is 2.68. The van der Waals surface area contributed by atoms with Gasteiger partial charge in [-0.1, -0.05) is 19.1 Å². The molecule has 0 aliphatic carbocycles. The zero-order valence-electron chi connectivity index (χ0n) is 13.2. The van der Waals surface area contributed by atoms with Crippen LogP contribution in [-0.2, 0) is 6.42 Å². The van der Waals surface area contributed by atoms with Crippen LogP contribution in [0.2, 0.25) is 0 Å². The fraction of sp³-hybridized carbons (Fsp3) is 0.211. The summed E-state index contributed by atoms with van der Waals surface area (Å²) in [5, 5.41) is 0.600. The Morgan fingerprint density at radius 1 is 1.09 bits per heavy atom. The Balaban J connectivity index is 2.26. The number of aromatic nitrogens is 2. The van der Waals surface area contributed by atoms with Crippen molar-refractivity contribution in [2.75, 3.05) is 0 Å². The molecule has 0 saturated heterocycles. The van der Waals surface area contributed by atoms with Crippen molar-refractivity contribution in [3.63, 3.8) is 0 Å². The number of Topliss-reactive ketones (excluding diaryl/α,β-unsaturated/α-hetero) is 1. The highest BCUT2D eigenvalue weighted by Crippen LogP contribution is 2.15. The zero-order valence-corrected chi connectivity index (χ0v) is 13.2. The molecule has 23 heavy (non-hydrogen) atoms. The topological polar surface area (TPSA) is 52.0 Å². The summed E-state index contributed by atoms with van der Waals surface area (Å²) in [5.74, 6) is 0.751. The first-order valence-corrected chi connectivity index (χ1v) is 7.74. The van der Waals surface area contributed by atoms with E-state index < -0.39 is 0 Å². The molecule has 0 amide bonds. The average Bonchev–Trinajstić information content (AvgIpc) is 2.56. The number of hydrogen-bond donors (Lipinski definition) is 0. The fourth-order valence-electron chi connectivity index (χ4n) is 2.68. The predicted octanol–water partition coefficient (Wildman–Crippen LogP) is 3.54. The molecule has 0 saturated carbocycles. The molecule has 0 atom stereocenters. The summed E-state index contributed by atoms with van der Waals surface area (Å²) in [6, 6.07) is 14.5. The quantitative estimate of drug-likeness (QED) is 0.693. The van der Waals surface area contributed by atoms with Gasteiger partial charge < -0.3 is 0 Å². The van der Waals surface area contributed by atoms with Crippen molar-refractivity contribution in [2.45, 2.75) is 26.7 Å². The molecular formula is C19H18N2O2. The van der Waals surface area contributed by atoms with Gasteiger partial charge in [-0.2, -0.15) is 0 Å². The molecule has 0 radical (unpaired) electrons. The number of benzene rings is 2. The van der Waals surface area contributed by atoms with E-state index in [0.717, 1.165) is 23.4 Å². The van der Waals surface area contributed by atoms with Crippen LogP contribution in [0.5, 0.6) is 0 Å². The van der Waals surface area contributed by atoms with Crippen molar-refractivity contribution < 1.29 is 4.79 Å². The van der Waals surface area contributed by atoms with Gasteiger partial charge in [0.2, 0.25) is 0 Å². The Labute approximate surface area is 134 Å². The third-order valence-electron chi connectivity index (χ3n) is 3.85. The van der Waals surface area contributed by atoms with Crippen LogP contribution in [0, 0.1) is 0 Å². The van der Waals surface area contributed by atoms with Crippen LogP contribution < -0.4 is 5.56 Å². The smallest absolute Gasteiger partial charge is 0.265 e. The lowest BCUT2D eigenvalue weighted by atomic mass is 10.1. The van der Waals surface area contributed by atoms with Gasteiger partial charge in [0.25, 0.3) is 5.56 Å². The number of para-hydroxylation sites is 1. The number of fused-ring (bicyclic) bond motifs is 1. The molecule has 0 spiro atoms. The molecule has 4 nitrogen and oxygen atoms in total. The minimum Gasteiger partial charge on any atom is -0.295 e. The van der Waals surface area contributed by atoms with Crippen molar-refractivity contribution in [3.05, 3.63) is 70.3 Å². The van der Waals surface area contributed by atoms with E-state index in [0.29, 0.717) is 17.4 Å². The monoisotopic (exact) mass is 306 g/mol. The Morgan fingerprint density at radius 2 is 1.78 bits per heavy atom. The Hall–Kier alpha value is -2.75. The molecule has 4 heteroatoms. The van der Waals surface area contributed by atoms with E-state index in [1.807, 2.05) is 18.2 Å². The number of carbonyl (C=O) groups excluding carboxylic acids is 1. The van der Waals surface area contributed by atoms with E-state index in [-0.39, 0.29) is 11.3 Å². The minimum absolute atomic E-state index is 0.00863. The standard InChI is InChI=1S/C19H18N2O2/c1-3-6-18-20-17-8-5-4-7-16(17)19(23)21(18)15-11-9-14(10-12-15)13(2)22/h4-5,7-12H,3,6H2,1-2H3. The van der Waals surface area contributed by atoms with Crippen LogP contribution >= 0.6 is 0 Å². The van der Waals surface area contributed by atoms with Gasteiger partial charge in [-0.05, 0) is 49.7 Å². The molecule has 116 valence electrons. The van der Waals surface area contributed by atoms with E-state index in [1.54, 1.807) is 34.9 Å². The van der Waals surface area contributed by atoms with Crippen LogP contribution in [0.4, 0.5) is 0 Å². The van der Waals surface area contributed by atoms with E-state index in [9.17, 15) is 9.59 Å². The first kappa shape index (κ1) is 15.2. The molecular weight excluding hydrogens is 288 g/mol. The van der Waals surface area contributed by atoms with Crippen LogP contribution in [0.1, 0.15) is 36.5 Å². The maximum Gasteiger partial charge on any atom is 0.265 e. The van der Waals surface area contributed by atoms with E-state index >= 15 is 0 Å². The second-order valence-electron chi connectivity index (χ2n) is 5.54. The lowest BCUT2D eigenvalue weighted by Gasteiger charge is -2.13. The molecule has 0 aliphatic rings. The normalized spacial score (nSPS) is 10.9. The van der Waals surface area contributed by atoms with E-state index in [4.69, 9.17) is 0 Å². The second kappa shape index (κ2) is 6.16. The summed E-state index contributed by atoms with van der Waals surface area (Å²) in [6.07, 6.45) is 1.62. The molecule has 2 aromatic carbocycles. The summed E-state index contributed by atoms with van der Waals surface area (Å²) in [7, 11) is 0. The van der Waals surface area contributed by atoms with Crippen molar-refractivity contribution in [1.29, 1.82) is 0 Å². The number of carbonyl (C=O) groups is 1. The average molecular weight is 306 g/mol. The SMILES string of the molecule is CCCc1nc2ccccc2c(=O)n1-c1ccc(C(C)=O)cc1. The highest BCUT2D eigenvalue weighted by atomic mass is 16.1. The van der Waals surface area contributed by atoms with Gasteiger partial charge in [0, 0.05) is 12.0 Å². The first-order valence-electron chi connectivity index (χ1n) is 7.74. The predicted molar refractivity (Wildman–Crippen MR) is 91.3 cm³/mol. The van der Waals surface area contributed by atoms with Crippen LogP contribution in [-0.4, -0.2) is 15.3 Å². The summed E-state index contributed by atoms with van der Waals surface area (Å²) in [6.45, 7) is 3.59. The van der Waals surface area contributed by atoms with Gasteiger partial charge in [-0.15, -0.1) is 0 Å². The second-order valence-corrected chi connectivity index (χ2v) is 5.54. The number of ketones is 1. The Bertz CT molecular complexity index is 924. The van der Waals surface area contributed by atoms with Crippen molar-refractivity contribution in [1.82, 2.24) is 9.55 Å². The lowest BCUT2D eigenvalue weighted by Crippen LogP contribution is -2.24. The highest BCUT2D eigenvalue weighted by molar-refractivity contribution is 5.94. The molecule has 1 heterocycles. The molecule has 0 N–H and O–H groups in total. The number of nitrogens with zero attached hydrogens (tertiary/aromatic N) is 2. The molecule has 3 rings (SSSR count). The number of hydrogen-bond acceptors (Lipinski definition) is 3. The highest BCUT2D eigenvalue weighted by Gasteiger charge is 2.12. The van der Waals surface area contributed by atoms with Gasteiger partial charge in [0.1, 0.15) is 5.82 Å². The van der Waals surface area contributed by atoms with E-state index in [2.05, 4.69) is 11.9 Å². The summed E-state index contributed by atoms with van der Waals surface area (Å²) in [5.41, 5.74) is 2.02. The molecule has 3 aromatic rings. The Morgan fingerprint density at radius 3 is 2.43 bits per heavy atom. The van der Waals surface area contributed by atoms with Crippen molar-refractivity contribution in [3.8, 4) is 5.69 Å². The van der Waals surface area contributed by atoms with Crippen molar-refractivity contribution in [2.24, 2.45) is 0 Å². The molecule has 0 bridgehead atoms. The molecule has 0 aliphatic heterocycles. The third kappa shape index (κ3) is 2.80. The summed E-state index contributed by atoms with van der Waals surface area (Å²) >= 11 is 0. The largest absolute Gasteiger partial charge is 0.295 e. The summed E-state index contributed by atoms with van der Waals surface area (Å²) < 4.78 is 1.65. The minimum atomic E-state index is -0.0744. The third-order valence-corrected chi connectivity index (χ3v) is 3.85. The lowest BCUT2D eigenvalue weighted by molar-refractivity contribution is 0.101. The van der Waals surface area contributed by atoms with Gasteiger partial charge in [-0.3, -0.25) is 14.2 Å². The number of rotatable bonds is 4. The maximum absolute atomic E-state index is 12.9. The first-order chi connectivity index (χ1) is 11.1. The summed E-state index contributed by atoms with van der Waals surface area (Å²) in [4.78, 5) is 29.0.